The number of thioether (sulfide) groups is 1. The summed E-state index contributed by atoms with van der Waals surface area (Å²) in [5.74, 6) is 3.29. The average Bonchev–Trinajstić information content (AvgIpc) is 3.49. The zero-order chi connectivity index (χ0) is 19.1. The van der Waals surface area contributed by atoms with Crippen molar-refractivity contribution in [2.75, 3.05) is 55.8 Å². The van der Waals surface area contributed by atoms with Crippen LogP contribution in [0.25, 0.3) is 11.0 Å². The SMILES string of the molecule is Cl.Cl.Cl.Cn1c(N2CCN([C@@H]3CN[C@H](C(=O)N4CCSC4)C3)CC2)nc2ccccc21. The summed E-state index contributed by atoms with van der Waals surface area (Å²) in [4.78, 5) is 24.4. The molecule has 1 aromatic carbocycles. The van der Waals surface area contributed by atoms with Crippen LogP contribution in [0.3, 0.4) is 0 Å². The number of benzene rings is 1. The van der Waals surface area contributed by atoms with E-state index in [-0.39, 0.29) is 43.3 Å². The van der Waals surface area contributed by atoms with Gasteiger partial charge in [-0.25, -0.2) is 4.98 Å². The molecule has 3 aliphatic heterocycles. The Kier molecular flexibility index (Phi) is 9.60. The highest BCUT2D eigenvalue weighted by atomic mass is 35.5. The molecule has 7 nitrogen and oxygen atoms in total. The van der Waals surface area contributed by atoms with Crippen molar-refractivity contribution in [3.8, 4) is 0 Å². The van der Waals surface area contributed by atoms with Crippen LogP contribution in [0.2, 0.25) is 0 Å². The van der Waals surface area contributed by atoms with E-state index in [4.69, 9.17) is 4.98 Å². The summed E-state index contributed by atoms with van der Waals surface area (Å²) >= 11 is 1.85. The van der Waals surface area contributed by atoms with Gasteiger partial charge in [0.25, 0.3) is 0 Å². The van der Waals surface area contributed by atoms with Gasteiger partial charge in [-0.2, -0.15) is 0 Å². The fourth-order valence-corrected chi connectivity index (χ4v) is 5.65. The summed E-state index contributed by atoms with van der Waals surface area (Å²) in [5, 5.41) is 3.48. The Morgan fingerprint density at radius 2 is 1.84 bits per heavy atom. The van der Waals surface area contributed by atoms with Crippen LogP contribution < -0.4 is 10.2 Å². The molecule has 174 valence electrons. The number of nitrogens with one attached hydrogen (secondary N) is 1. The van der Waals surface area contributed by atoms with Gasteiger partial charge in [-0.3, -0.25) is 9.69 Å². The minimum absolute atomic E-state index is 0. The number of aryl methyl sites for hydroxylation is 1. The van der Waals surface area contributed by atoms with Crippen molar-refractivity contribution < 1.29 is 4.79 Å². The number of imidazole rings is 1. The molecule has 1 N–H and O–H groups in total. The molecule has 3 saturated heterocycles. The van der Waals surface area contributed by atoms with Crippen molar-refractivity contribution in [2.24, 2.45) is 7.05 Å². The fraction of sp³-hybridized carbons (Fsp3) is 0.600. The van der Waals surface area contributed by atoms with Crippen LogP contribution in [-0.4, -0.2) is 88.2 Å². The molecule has 0 saturated carbocycles. The van der Waals surface area contributed by atoms with Gasteiger partial charge < -0.3 is 19.7 Å². The Hall–Kier alpha value is -0.900. The quantitative estimate of drug-likeness (QED) is 0.685. The number of amides is 1. The third kappa shape index (κ3) is 5.20. The fourth-order valence-electron chi connectivity index (χ4n) is 4.69. The normalized spacial score (nSPS) is 23.9. The van der Waals surface area contributed by atoms with E-state index in [1.165, 1.54) is 5.52 Å². The number of carbonyl (C=O) groups is 1. The Morgan fingerprint density at radius 3 is 2.52 bits per heavy atom. The van der Waals surface area contributed by atoms with Gasteiger partial charge in [-0.05, 0) is 18.6 Å². The van der Waals surface area contributed by atoms with Gasteiger partial charge in [0.1, 0.15) is 0 Å². The predicted molar refractivity (Wildman–Crippen MR) is 135 cm³/mol. The lowest BCUT2D eigenvalue weighted by Gasteiger charge is -2.38. The molecule has 1 amide bonds. The molecule has 11 heteroatoms. The van der Waals surface area contributed by atoms with Crippen LogP contribution >= 0.6 is 49.0 Å². The van der Waals surface area contributed by atoms with Gasteiger partial charge in [0, 0.05) is 58.1 Å². The van der Waals surface area contributed by atoms with Gasteiger partial charge in [0.15, 0.2) is 0 Å². The second-order valence-electron chi connectivity index (χ2n) is 7.97. The number of carbonyl (C=O) groups excluding carboxylic acids is 1. The number of anilines is 1. The Labute approximate surface area is 206 Å². The number of nitrogens with zero attached hydrogens (tertiary/aromatic N) is 5. The number of piperazine rings is 1. The summed E-state index contributed by atoms with van der Waals surface area (Å²) in [5.41, 5.74) is 2.24. The molecule has 4 heterocycles. The van der Waals surface area contributed by atoms with Gasteiger partial charge in [-0.15, -0.1) is 49.0 Å². The standard InChI is InChI=1S/C20H28N6OS.3ClH/c1-23-18-5-3-2-4-16(18)22-20(23)25-8-6-24(7-9-25)15-12-17(21-13-15)19(27)26-10-11-28-14-26;;;/h2-5,15,17,21H,6-14H2,1H3;3*1H/t15-,17-;;;/m0.../s1. The Balaban J connectivity index is 0.00000114. The first-order valence-corrected chi connectivity index (χ1v) is 11.4. The molecule has 3 fully saturated rings. The average molecular weight is 510 g/mol. The third-order valence-electron chi connectivity index (χ3n) is 6.35. The maximum Gasteiger partial charge on any atom is 0.240 e. The van der Waals surface area contributed by atoms with E-state index in [0.29, 0.717) is 11.9 Å². The van der Waals surface area contributed by atoms with Crippen molar-refractivity contribution in [1.29, 1.82) is 0 Å². The van der Waals surface area contributed by atoms with E-state index in [1.807, 2.05) is 22.7 Å². The van der Waals surface area contributed by atoms with Crippen LogP contribution in [0, 0.1) is 0 Å². The molecule has 0 radical (unpaired) electrons. The van der Waals surface area contributed by atoms with E-state index in [9.17, 15) is 4.79 Å². The molecule has 5 rings (SSSR count). The molecule has 0 aliphatic carbocycles. The van der Waals surface area contributed by atoms with Gasteiger partial charge in [0.2, 0.25) is 11.9 Å². The van der Waals surface area contributed by atoms with Gasteiger partial charge in [0.05, 0.1) is 23.0 Å². The summed E-state index contributed by atoms with van der Waals surface area (Å²) < 4.78 is 2.20. The highest BCUT2D eigenvalue weighted by Gasteiger charge is 2.36. The number of hydrogen-bond acceptors (Lipinski definition) is 6. The first-order chi connectivity index (χ1) is 13.7. The maximum atomic E-state index is 12.6. The van der Waals surface area contributed by atoms with Gasteiger partial charge in [-0.1, -0.05) is 12.1 Å². The topological polar surface area (TPSA) is 56.6 Å². The number of halogens is 3. The van der Waals surface area contributed by atoms with E-state index >= 15 is 0 Å². The maximum absolute atomic E-state index is 12.6. The van der Waals surface area contributed by atoms with Crippen molar-refractivity contribution in [2.45, 2.75) is 18.5 Å². The van der Waals surface area contributed by atoms with Crippen LogP contribution in [0.5, 0.6) is 0 Å². The molecule has 0 spiro atoms. The van der Waals surface area contributed by atoms with Crippen molar-refractivity contribution in [3.05, 3.63) is 24.3 Å². The number of rotatable bonds is 3. The second kappa shape index (κ2) is 11.3. The highest BCUT2D eigenvalue weighted by molar-refractivity contribution is 7.99. The van der Waals surface area contributed by atoms with Crippen LogP contribution in [-0.2, 0) is 11.8 Å². The number of aromatic nitrogens is 2. The number of fused-ring (bicyclic) bond motifs is 1. The lowest BCUT2D eigenvalue weighted by molar-refractivity contribution is -0.131. The minimum Gasteiger partial charge on any atom is -0.340 e. The number of para-hydroxylation sites is 2. The Bertz CT molecular complexity index is 870. The summed E-state index contributed by atoms with van der Waals surface area (Å²) in [6.07, 6.45) is 0.937. The summed E-state index contributed by atoms with van der Waals surface area (Å²) in [7, 11) is 2.10. The van der Waals surface area contributed by atoms with E-state index < -0.39 is 0 Å². The molecular weight excluding hydrogens is 479 g/mol. The smallest absolute Gasteiger partial charge is 0.240 e. The van der Waals surface area contributed by atoms with Crippen LogP contribution in [0.15, 0.2) is 24.3 Å². The largest absolute Gasteiger partial charge is 0.340 e. The first kappa shape index (κ1) is 26.4. The molecule has 1 aromatic heterocycles. The van der Waals surface area contributed by atoms with Crippen LogP contribution in [0.4, 0.5) is 5.95 Å². The third-order valence-corrected chi connectivity index (χ3v) is 7.31. The molecule has 2 atom stereocenters. The molecule has 3 aliphatic rings. The molecular formula is C20H31Cl3N6OS. The van der Waals surface area contributed by atoms with Crippen molar-refractivity contribution in [3.63, 3.8) is 0 Å². The van der Waals surface area contributed by atoms with E-state index in [1.54, 1.807) is 0 Å². The summed E-state index contributed by atoms with van der Waals surface area (Å²) in [6, 6.07) is 8.78. The lowest BCUT2D eigenvalue weighted by atomic mass is 10.1. The predicted octanol–water partition coefficient (Wildman–Crippen LogP) is 2.22. The van der Waals surface area contributed by atoms with Gasteiger partial charge >= 0.3 is 0 Å². The van der Waals surface area contributed by atoms with Crippen LogP contribution in [0.1, 0.15) is 6.42 Å². The second-order valence-corrected chi connectivity index (χ2v) is 9.05. The molecule has 2 aromatic rings. The first-order valence-electron chi connectivity index (χ1n) is 10.2. The zero-order valence-electron chi connectivity index (χ0n) is 17.6. The molecule has 0 unspecified atom stereocenters. The Morgan fingerprint density at radius 1 is 1.10 bits per heavy atom. The molecule has 0 bridgehead atoms. The highest BCUT2D eigenvalue weighted by Crippen LogP contribution is 2.24. The van der Waals surface area contributed by atoms with Crippen molar-refractivity contribution >= 4 is 71.9 Å². The lowest BCUT2D eigenvalue weighted by Crippen LogP contribution is -2.51. The van der Waals surface area contributed by atoms with Crippen molar-refractivity contribution in [1.82, 2.24) is 24.7 Å². The number of hydrogen-bond donors (Lipinski definition) is 1. The molecule has 31 heavy (non-hydrogen) atoms. The van der Waals surface area contributed by atoms with E-state index in [2.05, 4.69) is 44.9 Å². The monoisotopic (exact) mass is 508 g/mol. The zero-order valence-corrected chi connectivity index (χ0v) is 20.9. The minimum atomic E-state index is 0. The van der Waals surface area contributed by atoms with E-state index in [0.717, 1.165) is 68.8 Å². The summed E-state index contributed by atoms with van der Waals surface area (Å²) in [6.45, 7) is 5.84.